The van der Waals surface area contributed by atoms with Gasteiger partial charge in [0.05, 0.1) is 15.7 Å². The first-order chi connectivity index (χ1) is 12.3. The maximum absolute atomic E-state index is 6.35. The molecule has 4 atom stereocenters. The van der Waals surface area contributed by atoms with Gasteiger partial charge >= 0.3 is 0 Å². The Bertz CT molecular complexity index is 852. The Morgan fingerprint density at radius 3 is 2.65 bits per heavy atom. The Morgan fingerprint density at radius 1 is 1.19 bits per heavy atom. The third-order valence-electron chi connectivity index (χ3n) is 6.66. The van der Waals surface area contributed by atoms with Gasteiger partial charge < -0.3 is 11.1 Å². The minimum absolute atomic E-state index is 0.231. The molecule has 5 rings (SSSR count). The van der Waals surface area contributed by atoms with Crippen molar-refractivity contribution in [3.05, 3.63) is 34.3 Å². The van der Waals surface area contributed by atoms with Crippen LogP contribution in [0.3, 0.4) is 0 Å². The lowest BCUT2D eigenvalue weighted by molar-refractivity contribution is -0.105. The van der Waals surface area contributed by atoms with E-state index >= 15 is 0 Å². The summed E-state index contributed by atoms with van der Waals surface area (Å²) in [6.45, 7) is 7.15. The number of nitrogens with zero attached hydrogens (tertiary/aromatic N) is 2. The predicted octanol–water partition coefficient (Wildman–Crippen LogP) is 5.52. The molecule has 1 unspecified atom stereocenters. The highest BCUT2D eigenvalue weighted by Gasteiger charge is 2.56. The first-order valence-electron chi connectivity index (χ1n) is 9.13. The molecular formula is C20H24Cl2N4. The minimum Gasteiger partial charge on any atom is -0.368 e. The van der Waals surface area contributed by atoms with Gasteiger partial charge in [-0.15, -0.1) is 0 Å². The molecule has 26 heavy (non-hydrogen) atoms. The van der Waals surface area contributed by atoms with Gasteiger partial charge in [0.2, 0.25) is 5.95 Å². The van der Waals surface area contributed by atoms with Crippen LogP contribution in [0.4, 0.5) is 11.8 Å². The van der Waals surface area contributed by atoms with Crippen molar-refractivity contribution in [3.8, 4) is 11.3 Å². The standard InChI is InChI=1S/C20H24Cl2N4/c1-10-13-7-11(20(13,2)3)8-15(10)24-17-9-16(25-19(23)26-17)12-5-4-6-14(21)18(12)22/h4-6,9-11,13,15H,7-8H2,1-3H3,(H3,23,24,25,26)/t10-,11?,13+,15+/m0/s1. The lowest BCUT2D eigenvalue weighted by Crippen LogP contribution is -2.58. The number of rotatable bonds is 3. The van der Waals surface area contributed by atoms with Crippen molar-refractivity contribution in [2.24, 2.45) is 23.2 Å². The zero-order valence-electron chi connectivity index (χ0n) is 15.3. The number of halogens is 2. The first kappa shape index (κ1) is 17.9. The fourth-order valence-corrected chi connectivity index (χ4v) is 5.31. The number of aromatic nitrogens is 2. The SMILES string of the molecule is C[C@H]1[C@H]2CC(C[C@H]1Nc1cc(-c3cccc(Cl)c3Cl)nc(N)n1)C2(C)C. The summed E-state index contributed by atoms with van der Waals surface area (Å²) in [5.74, 6) is 3.13. The molecule has 2 aromatic rings. The van der Waals surface area contributed by atoms with Crippen LogP contribution in [0, 0.1) is 23.2 Å². The number of fused-ring (bicyclic) bond motifs is 2. The summed E-state index contributed by atoms with van der Waals surface area (Å²) in [6, 6.07) is 7.82. The summed E-state index contributed by atoms with van der Waals surface area (Å²) in [5, 5.41) is 4.59. The van der Waals surface area contributed by atoms with E-state index in [0.29, 0.717) is 33.1 Å². The largest absolute Gasteiger partial charge is 0.368 e. The van der Waals surface area contributed by atoms with E-state index in [1.165, 1.54) is 12.8 Å². The first-order valence-corrected chi connectivity index (χ1v) is 9.88. The molecule has 3 aliphatic rings. The fraction of sp³-hybridized carbons (Fsp3) is 0.500. The van der Waals surface area contributed by atoms with E-state index in [-0.39, 0.29) is 5.95 Å². The van der Waals surface area contributed by atoms with Gasteiger partial charge in [-0.3, -0.25) is 0 Å². The molecule has 138 valence electrons. The Kier molecular flexibility index (Phi) is 4.31. The predicted molar refractivity (Wildman–Crippen MR) is 108 cm³/mol. The van der Waals surface area contributed by atoms with Crippen LogP contribution in [0.2, 0.25) is 10.0 Å². The van der Waals surface area contributed by atoms with Gasteiger partial charge in [-0.2, -0.15) is 4.98 Å². The second kappa shape index (κ2) is 6.28. The third kappa shape index (κ3) is 2.84. The summed E-state index contributed by atoms with van der Waals surface area (Å²) in [5.41, 5.74) is 7.87. The molecule has 3 fully saturated rings. The van der Waals surface area contributed by atoms with Crippen LogP contribution in [0.15, 0.2) is 24.3 Å². The highest BCUT2D eigenvalue weighted by atomic mass is 35.5. The highest BCUT2D eigenvalue weighted by molar-refractivity contribution is 6.43. The molecule has 0 saturated heterocycles. The van der Waals surface area contributed by atoms with Crippen molar-refractivity contribution in [1.29, 1.82) is 0 Å². The molecule has 4 nitrogen and oxygen atoms in total. The van der Waals surface area contributed by atoms with E-state index in [9.17, 15) is 0 Å². The smallest absolute Gasteiger partial charge is 0.222 e. The van der Waals surface area contributed by atoms with Gasteiger partial charge in [0.25, 0.3) is 0 Å². The van der Waals surface area contributed by atoms with Gasteiger partial charge in [0.1, 0.15) is 5.82 Å². The highest BCUT2D eigenvalue weighted by Crippen LogP contribution is 2.61. The van der Waals surface area contributed by atoms with Crippen LogP contribution >= 0.6 is 23.2 Å². The number of benzene rings is 1. The molecule has 3 aliphatic carbocycles. The normalized spacial score (nSPS) is 29.1. The van der Waals surface area contributed by atoms with Gasteiger partial charge in [-0.25, -0.2) is 4.98 Å². The van der Waals surface area contributed by atoms with Crippen molar-refractivity contribution < 1.29 is 0 Å². The van der Waals surface area contributed by atoms with E-state index in [4.69, 9.17) is 28.9 Å². The lowest BCUT2D eigenvalue weighted by Gasteiger charge is -2.62. The molecule has 0 radical (unpaired) electrons. The quantitative estimate of drug-likeness (QED) is 0.724. The molecule has 1 aromatic heterocycles. The molecular weight excluding hydrogens is 367 g/mol. The third-order valence-corrected chi connectivity index (χ3v) is 7.48. The van der Waals surface area contributed by atoms with Crippen LogP contribution in [0.5, 0.6) is 0 Å². The van der Waals surface area contributed by atoms with Crippen LogP contribution in [0.25, 0.3) is 11.3 Å². The Hall–Kier alpha value is -1.52. The number of anilines is 2. The van der Waals surface area contributed by atoms with Gasteiger partial charge in [-0.05, 0) is 42.1 Å². The molecule has 6 heteroatoms. The molecule has 1 aromatic carbocycles. The minimum atomic E-state index is 0.231. The second-order valence-electron chi connectivity index (χ2n) is 8.30. The molecule has 3 N–H and O–H groups in total. The Balaban J connectivity index is 1.61. The van der Waals surface area contributed by atoms with Crippen molar-refractivity contribution >= 4 is 35.0 Å². The Labute approximate surface area is 164 Å². The van der Waals surface area contributed by atoms with Crippen LogP contribution in [-0.2, 0) is 0 Å². The van der Waals surface area contributed by atoms with E-state index in [0.717, 1.165) is 23.2 Å². The van der Waals surface area contributed by atoms with Gasteiger partial charge in [-0.1, -0.05) is 56.1 Å². The zero-order chi connectivity index (χ0) is 18.6. The molecule has 0 spiro atoms. The monoisotopic (exact) mass is 390 g/mol. The summed E-state index contributed by atoms with van der Waals surface area (Å²) in [7, 11) is 0. The van der Waals surface area contributed by atoms with E-state index in [1.807, 2.05) is 18.2 Å². The topological polar surface area (TPSA) is 63.8 Å². The molecule has 0 aliphatic heterocycles. The van der Waals surface area contributed by atoms with E-state index < -0.39 is 0 Å². The van der Waals surface area contributed by atoms with Crippen molar-refractivity contribution in [2.45, 2.75) is 39.7 Å². The number of nitrogen functional groups attached to an aromatic ring is 1. The zero-order valence-corrected chi connectivity index (χ0v) is 16.8. The van der Waals surface area contributed by atoms with Crippen LogP contribution in [0.1, 0.15) is 33.6 Å². The van der Waals surface area contributed by atoms with Crippen molar-refractivity contribution in [3.63, 3.8) is 0 Å². The number of nitrogens with two attached hydrogens (primary N) is 1. The maximum Gasteiger partial charge on any atom is 0.222 e. The average molecular weight is 391 g/mol. The molecule has 1 heterocycles. The van der Waals surface area contributed by atoms with Crippen LogP contribution in [-0.4, -0.2) is 16.0 Å². The Morgan fingerprint density at radius 2 is 1.96 bits per heavy atom. The molecule has 2 bridgehead atoms. The molecule has 0 amide bonds. The number of hydrogen-bond donors (Lipinski definition) is 2. The lowest BCUT2D eigenvalue weighted by atomic mass is 9.45. The summed E-state index contributed by atoms with van der Waals surface area (Å²) in [4.78, 5) is 8.74. The summed E-state index contributed by atoms with van der Waals surface area (Å²) >= 11 is 12.5. The maximum atomic E-state index is 6.35. The molecule has 3 saturated carbocycles. The van der Waals surface area contributed by atoms with E-state index in [1.54, 1.807) is 6.07 Å². The summed E-state index contributed by atoms with van der Waals surface area (Å²) < 4.78 is 0. The average Bonchev–Trinajstić information content (AvgIpc) is 2.58. The number of nitrogens with one attached hydrogen (secondary N) is 1. The van der Waals surface area contributed by atoms with Crippen molar-refractivity contribution in [2.75, 3.05) is 11.1 Å². The summed E-state index contributed by atoms with van der Waals surface area (Å²) in [6.07, 6.45) is 2.52. The van der Waals surface area contributed by atoms with Gasteiger partial charge in [0.15, 0.2) is 0 Å². The van der Waals surface area contributed by atoms with Gasteiger partial charge in [0, 0.05) is 17.7 Å². The second-order valence-corrected chi connectivity index (χ2v) is 9.09. The van der Waals surface area contributed by atoms with Crippen LogP contribution < -0.4 is 11.1 Å². The number of hydrogen-bond acceptors (Lipinski definition) is 4. The van der Waals surface area contributed by atoms with E-state index in [2.05, 4.69) is 36.1 Å². The van der Waals surface area contributed by atoms with Crippen molar-refractivity contribution in [1.82, 2.24) is 9.97 Å². The fourth-order valence-electron chi connectivity index (χ4n) is 4.91.